The second-order valence-corrected chi connectivity index (χ2v) is 6.74. The molecule has 1 atom stereocenters. The maximum Gasteiger partial charge on any atom is 0.340 e. The van der Waals surface area contributed by atoms with Crippen molar-refractivity contribution in [3.05, 3.63) is 45.0 Å². The molecular formula is C20H23NO4. The Labute approximate surface area is 146 Å². The van der Waals surface area contributed by atoms with E-state index in [2.05, 4.69) is 5.32 Å². The predicted molar refractivity (Wildman–Crippen MR) is 98.1 cm³/mol. The molecule has 25 heavy (non-hydrogen) atoms. The van der Waals surface area contributed by atoms with Gasteiger partial charge in [-0.15, -0.1) is 0 Å². The standard InChI is InChI=1S/C20H23NO4/c1-6-12(4)21-16(22)8-14-13(5)18-15(25-20(14)23)7-10(2)17-11(3)9-24-19(17)18/h7,9,12H,6,8H2,1-5H3,(H,21,22)/t12-/m0/s1. The minimum atomic E-state index is -0.466. The number of benzene rings is 1. The van der Waals surface area contributed by atoms with E-state index in [0.29, 0.717) is 16.7 Å². The first-order valence-electron chi connectivity index (χ1n) is 8.56. The molecule has 132 valence electrons. The van der Waals surface area contributed by atoms with Crippen LogP contribution in [0.3, 0.4) is 0 Å². The zero-order chi connectivity index (χ0) is 18.3. The van der Waals surface area contributed by atoms with Crippen molar-refractivity contribution in [3.8, 4) is 0 Å². The monoisotopic (exact) mass is 341 g/mol. The van der Waals surface area contributed by atoms with Crippen molar-refractivity contribution >= 4 is 27.8 Å². The summed E-state index contributed by atoms with van der Waals surface area (Å²) in [5.41, 5.74) is 3.89. The highest BCUT2D eigenvalue weighted by atomic mass is 16.4. The average molecular weight is 341 g/mol. The van der Waals surface area contributed by atoms with Crippen molar-refractivity contribution in [2.75, 3.05) is 0 Å². The van der Waals surface area contributed by atoms with Crippen LogP contribution in [0.2, 0.25) is 0 Å². The fraction of sp³-hybridized carbons (Fsp3) is 0.400. The van der Waals surface area contributed by atoms with E-state index in [4.69, 9.17) is 8.83 Å². The van der Waals surface area contributed by atoms with E-state index in [9.17, 15) is 9.59 Å². The van der Waals surface area contributed by atoms with Crippen molar-refractivity contribution in [1.82, 2.24) is 5.32 Å². The smallest absolute Gasteiger partial charge is 0.340 e. The minimum absolute atomic E-state index is 0.00348. The Morgan fingerprint density at radius 3 is 2.60 bits per heavy atom. The van der Waals surface area contributed by atoms with Crippen molar-refractivity contribution < 1.29 is 13.6 Å². The highest BCUT2D eigenvalue weighted by Gasteiger charge is 2.20. The summed E-state index contributed by atoms with van der Waals surface area (Å²) < 4.78 is 11.3. The fourth-order valence-corrected chi connectivity index (χ4v) is 3.27. The number of hydrogen-bond acceptors (Lipinski definition) is 4. The summed E-state index contributed by atoms with van der Waals surface area (Å²) >= 11 is 0. The molecule has 0 aliphatic rings. The zero-order valence-electron chi connectivity index (χ0n) is 15.3. The maximum atomic E-state index is 12.4. The first-order valence-corrected chi connectivity index (χ1v) is 8.56. The Hall–Kier alpha value is -2.56. The van der Waals surface area contributed by atoms with Crippen molar-refractivity contribution in [1.29, 1.82) is 0 Å². The molecule has 0 saturated carbocycles. The van der Waals surface area contributed by atoms with Gasteiger partial charge in [-0.05, 0) is 56.9 Å². The lowest BCUT2D eigenvalue weighted by Crippen LogP contribution is -2.34. The summed E-state index contributed by atoms with van der Waals surface area (Å²) in [6, 6.07) is 1.93. The summed E-state index contributed by atoms with van der Waals surface area (Å²) in [6.45, 7) is 9.73. The number of rotatable bonds is 4. The number of amides is 1. The van der Waals surface area contributed by atoms with Gasteiger partial charge in [-0.25, -0.2) is 4.79 Å². The van der Waals surface area contributed by atoms with E-state index >= 15 is 0 Å². The van der Waals surface area contributed by atoms with E-state index in [1.165, 1.54) is 0 Å². The molecule has 3 rings (SSSR count). The molecule has 0 aliphatic heterocycles. The average Bonchev–Trinajstić information content (AvgIpc) is 2.93. The SMILES string of the molecule is CC[C@H](C)NC(=O)Cc1c(C)c2c(cc(C)c3c(C)coc32)oc1=O. The van der Waals surface area contributed by atoms with Gasteiger partial charge in [0.15, 0.2) is 0 Å². The van der Waals surface area contributed by atoms with Gasteiger partial charge in [-0.1, -0.05) is 6.92 Å². The second kappa shape index (κ2) is 6.39. The number of hydrogen-bond donors (Lipinski definition) is 1. The third kappa shape index (κ3) is 2.95. The fourth-order valence-electron chi connectivity index (χ4n) is 3.27. The lowest BCUT2D eigenvalue weighted by molar-refractivity contribution is -0.121. The summed E-state index contributed by atoms with van der Waals surface area (Å²) in [4.78, 5) is 24.6. The Balaban J connectivity index is 2.18. The van der Waals surface area contributed by atoms with Gasteiger partial charge in [0, 0.05) is 11.4 Å². The van der Waals surface area contributed by atoms with Gasteiger partial charge in [0.2, 0.25) is 5.91 Å². The number of furan rings is 1. The van der Waals surface area contributed by atoms with Gasteiger partial charge in [0.1, 0.15) is 11.2 Å². The maximum absolute atomic E-state index is 12.4. The lowest BCUT2D eigenvalue weighted by atomic mass is 9.98. The first kappa shape index (κ1) is 17.3. The molecule has 2 heterocycles. The van der Waals surface area contributed by atoms with Crippen LogP contribution in [0, 0.1) is 20.8 Å². The molecule has 3 aromatic rings. The second-order valence-electron chi connectivity index (χ2n) is 6.74. The molecule has 0 fully saturated rings. The summed E-state index contributed by atoms with van der Waals surface area (Å²) in [5, 5.41) is 4.68. The van der Waals surface area contributed by atoms with E-state index in [-0.39, 0.29) is 18.4 Å². The Bertz CT molecular complexity index is 1030. The molecule has 5 nitrogen and oxygen atoms in total. The molecule has 1 aromatic carbocycles. The van der Waals surface area contributed by atoms with Gasteiger partial charge in [-0.2, -0.15) is 0 Å². The molecule has 0 aliphatic carbocycles. The molecule has 1 N–H and O–H groups in total. The minimum Gasteiger partial charge on any atom is -0.463 e. The van der Waals surface area contributed by atoms with Gasteiger partial charge in [0.25, 0.3) is 0 Å². The van der Waals surface area contributed by atoms with E-state index in [1.807, 2.05) is 40.7 Å². The van der Waals surface area contributed by atoms with Crippen molar-refractivity contribution in [2.24, 2.45) is 0 Å². The summed E-state index contributed by atoms with van der Waals surface area (Å²) in [7, 11) is 0. The molecule has 0 bridgehead atoms. The molecule has 1 amide bonds. The number of carbonyl (C=O) groups excluding carboxylic acids is 1. The van der Waals surface area contributed by atoms with E-state index in [1.54, 1.807) is 6.26 Å². The van der Waals surface area contributed by atoms with Gasteiger partial charge >= 0.3 is 5.63 Å². The quantitative estimate of drug-likeness (QED) is 0.730. The van der Waals surface area contributed by atoms with Crippen LogP contribution in [0.15, 0.2) is 26.0 Å². The summed E-state index contributed by atoms with van der Waals surface area (Å²) in [6.07, 6.45) is 2.54. The third-order valence-electron chi connectivity index (χ3n) is 4.82. The summed E-state index contributed by atoms with van der Waals surface area (Å²) in [5.74, 6) is -0.178. The van der Waals surface area contributed by atoms with Gasteiger partial charge in [-0.3, -0.25) is 4.79 Å². The van der Waals surface area contributed by atoms with Crippen LogP contribution in [0.4, 0.5) is 0 Å². The van der Waals surface area contributed by atoms with Crippen LogP contribution < -0.4 is 10.9 Å². The van der Waals surface area contributed by atoms with Crippen LogP contribution in [-0.4, -0.2) is 11.9 Å². The van der Waals surface area contributed by atoms with Gasteiger partial charge < -0.3 is 14.2 Å². The van der Waals surface area contributed by atoms with E-state index in [0.717, 1.165) is 33.9 Å². The largest absolute Gasteiger partial charge is 0.463 e. The molecule has 0 unspecified atom stereocenters. The molecule has 5 heteroatoms. The van der Waals surface area contributed by atoms with Crippen LogP contribution in [-0.2, 0) is 11.2 Å². The van der Waals surface area contributed by atoms with Crippen molar-refractivity contribution in [3.63, 3.8) is 0 Å². The molecule has 0 spiro atoms. The molecule has 0 saturated heterocycles. The van der Waals surface area contributed by atoms with Crippen LogP contribution in [0.25, 0.3) is 21.9 Å². The normalized spacial score (nSPS) is 12.7. The highest BCUT2D eigenvalue weighted by molar-refractivity contribution is 6.07. The van der Waals surface area contributed by atoms with Crippen LogP contribution in [0.1, 0.15) is 42.5 Å². The lowest BCUT2D eigenvalue weighted by Gasteiger charge is -2.13. The number of fused-ring (bicyclic) bond motifs is 3. The topological polar surface area (TPSA) is 72.5 Å². The predicted octanol–water partition coefficient (Wildman–Crippen LogP) is 3.92. The number of nitrogens with one attached hydrogen (secondary N) is 1. The highest BCUT2D eigenvalue weighted by Crippen LogP contribution is 2.34. The van der Waals surface area contributed by atoms with Crippen molar-refractivity contribution in [2.45, 2.75) is 53.5 Å². The van der Waals surface area contributed by atoms with Gasteiger partial charge in [0.05, 0.1) is 23.6 Å². The Morgan fingerprint density at radius 1 is 1.20 bits per heavy atom. The molecule has 0 radical (unpaired) electrons. The Kier molecular flexibility index (Phi) is 4.41. The molecular weight excluding hydrogens is 318 g/mol. The van der Waals surface area contributed by atoms with E-state index < -0.39 is 5.63 Å². The van der Waals surface area contributed by atoms with Crippen LogP contribution >= 0.6 is 0 Å². The number of aryl methyl sites for hydroxylation is 3. The Morgan fingerprint density at radius 2 is 1.92 bits per heavy atom. The number of carbonyl (C=O) groups is 1. The third-order valence-corrected chi connectivity index (χ3v) is 4.82. The van der Waals surface area contributed by atoms with Crippen LogP contribution in [0.5, 0.6) is 0 Å². The zero-order valence-corrected chi connectivity index (χ0v) is 15.3. The first-order chi connectivity index (χ1) is 11.8. The molecule has 2 aromatic heterocycles.